The van der Waals surface area contributed by atoms with Gasteiger partial charge in [-0.05, 0) is 276 Å². The molecule has 4 aromatic heterocycles. The van der Waals surface area contributed by atoms with Gasteiger partial charge in [-0.3, -0.25) is 58.0 Å². The van der Waals surface area contributed by atoms with Gasteiger partial charge < -0.3 is 18.3 Å². The Morgan fingerprint density at radius 2 is 0.375 bits per heavy atom. The van der Waals surface area contributed by atoms with Crippen LogP contribution in [-0.4, -0.2) is 153 Å². The van der Waals surface area contributed by atoms with Gasteiger partial charge in [0, 0.05) is 124 Å². The molecule has 8 aliphatic carbocycles. The second-order valence-corrected chi connectivity index (χ2v) is 44.1. The van der Waals surface area contributed by atoms with Crippen molar-refractivity contribution in [2.45, 2.75) is 407 Å². The lowest BCUT2D eigenvalue weighted by atomic mass is 9.68. The van der Waals surface area contributed by atoms with Crippen molar-refractivity contribution in [3.63, 3.8) is 0 Å². The van der Waals surface area contributed by atoms with Gasteiger partial charge in [-0.25, -0.2) is 19.9 Å². The molecule has 0 radical (unpaired) electrons. The fourth-order valence-electron chi connectivity index (χ4n) is 31.5. The topological polar surface area (TPSA) is 221 Å². The lowest BCUT2D eigenvalue weighted by Gasteiger charge is -2.55. The van der Waals surface area contributed by atoms with E-state index in [4.69, 9.17) is 0 Å². The summed E-state index contributed by atoms with van der Waals surface area (Å²) < 4.78 is 7.77. The van der Waals surface area contributed by atoms with Crippen molar-refractivity contribution in [1.29, 1.82) is 0 Å². The largest absolute Gasteiger partial charge is 0.302 e. The summed E-state index contributed by atoms with van der Waals surface area (Å²) >= 11 is 0. The molecular weight excluding hydrogens is 1590 g/mol. The van der Waals surface area contributed by atoms with E-state index in [1.54, 1.807) is 0 Å². The number of carbonyl (C=O) groups excluding carboxylic acids is 4. The maximum atomic E-state index is 13.4. The predicted octanol–water partition coefficient (Wildman–Crippen LogP) is 20.5. The van der Waals surface area contributed by atoms with Crippen LogP contribution in [0, 0.1) is 47.3 Å². The van der Waals surface area contributed by atoms with Crippen molar-refractivity contribution in [2.75, 3.05) is 0 Å². The number of hydrogen-bond acceptors (Lipinski definition) is 16. The van der Waals surface area contributed by atoms with Crippen molar-refractivity contribution in [2.24, 2.45) is 47.3 Å². The Hall–Kier alpha value is -8.04. The average Bonchev–Trinajstić information content (AvgIpc) is 0.756. The second kappa shape index (κ2) is 36.8. The molecule has 0 N–H and O–H groups in total. The molecule has 16 fully saturated rings. The van der Waals surface area contributed by atoms with Gasteiger partial charge in [0.15, 0.2) is 45.9 Å². The number of rotatable bonds is 12. The van der Waals surface area contributed by atoms with Crippen molar-refractivity contribution < 1.29 is 19.2 Å². The van der Waals surface area contributed by atoms with Gasteiger partial charge in [-0.2, -0.15) is 0 Å². The van der Waals surface area contributed by atoms with Crippen LogP contribution in [0.1, 0.15) is 376 Å². The zero-order chi connectivity index (χ0) is 87.3. The molecule has 8 aliphatic heterocycles. The van der Waals surface area contributed by atoms with Gasteiger partial charge in [-0.15, -0.1) is 0 Å². The number of aromatic nitrogens is 8. The molecule has 19 atom stereocenters. The first-order chi connectivity index (χ1) is 62.3. The predicted molar refractivity (Wildman–Crippen MR) is 504 cm³/mol. The lowest BCUT2D eigenvalue weighted by Crippen LogP contribution is -2.58. The standard InChI is InChI=1S/4C27H35N3O2/c4*1-17(31)26-27(32)30(25-11-3-2-10-24(25)28-26)23-15-20-8-5-9-21(16-23)29(20)22-13-18-6-4-7-19(12-18)14-22/h4*2-3,10-11,18-23H,4-9,12-16H2,1H3/t2*18?,19?,20-,21+,22?,23?;18-,19+,20?,21?,22?,23?;. The van der Waals surface area contributed by atoms with Crippen molar-refractivity contribution in [3.8, 4) is 0 Å². The number of piperidine rings is 8. The number of hydrogen-bond donors (Lipinski definition) is 0. The van der Waals surface area contributed by atoms with Crippen LogP contribution in [0.4, 0.5) is 0 Å². The zero-order valence-electron chi connectivity index (χ0n) is 76.8. The maximum absolute atomic E-state index is 13.4. The third kappa shape index (κ3) is 17.0. The van der Waals surface area contributed by atoms with E-state index in [9.17, 15) is 38.4 Å². The van der Waals surface area contributed by atoms with Gasteiger partial charge >= 0.3 is 0 Å². The summed E-state index contributed by atoms with van der Waals surface area (Å²) in [6.07, 6.45) is 57.6. The third-order valence-corrected chi connectivity index (χ3v) is 36.1. The first kappa shape index (κ1) is 86.7. The molecule has 0 spiro atoms. The molecule has 128 heavy (non-hydrogen) atoms. The van der Waals surface area contributed by atoms with Gasteiger partial charge in [-0.1, -0.05) is 151 Å². The van der Waals surface area contributed by atoms with E-state index in [2.05, 4.69) is 39.5 Å². The Labute approximate surface area is 755 Å². The van der Waals surface area contributed by atoms with Crippen molar-refractivity contribution >= 4 is 67.3 Å². The minimum absolute atomic E-state index is 0.0939. The SMILES string of the molecule is CC(=O)c1nc2ccccc2n(C2CC3CCCC(C2)N3C2CC3CCCC(C3)C2)c1=O.CC(=O)c1nc2ccccc2n(C2CC3CCCC(C2)N3C2C[C@H]3CCC[C@@H](C2)C3)c1=O.CC(=O)c1nc2ccccc2n(C2C[C@H]3CCC[C@@H](C2)N3C2CC3CCCC(C3)C2)c1=O.CC(=O)c1nc2ccccc2n(C2C[C@H]3CCC[C@@H](C2)N3C2CC3CCCC(C3)C2)c1=O. The normalized spacial score (nSPS) is 35.0. The smallest absolute Gasteiger partial charge is 0.280 e. The van der Waals surface area contributed by atoms with Crippen LogP contribution in [0.25, 0.3) is 44.1 Å². The highest BCUT2D eigenvalue weighted by Crippen LogP contribution is 2.54. The Kier molecular flexibility index (Phi) is 24.9. The van der Waals surface area contributed by atoms with E-state index in [1.165, 1.54) is 259 Å². The zero-order valence-corrected chi connectivity index (χ0v) is 76.8. The minimum Gasteiger partial charge on any atom is -0.302 e. The summed E-state index contributed by atoms with van der Waals surface area (Å²) in [6, 6.07) is 39.5. The molecule has 680 valence electrons. The molecule has 8 saturated carbocycles. The molecule has 13 unspecified atom stereocenters. The Bertz CT molecular complexity index is 4960. The molecular formula is C108H140N12O8. The molecule has 0 amide bonds. The van der Waals surface area contributed by atoms with Gasteiger partial charge in [0.05, 0.1) is 44.1 Å². The molecule has 4 aromatic carbocycles. The number of ketones is 4. The minimum atomic E-state index is -0.235. The quantitative estimate of drug-likeness (QED) is 0.104. The molecule has 12 heterocycles. The Morgan fingerprint density at radius 1 is 0.211 bits per heavy atom. The van der Waals surface area contributed by atoms with E-state index < -0.39 is 0 Å². The summed E-state index contributed by atoms with van der Waals surface area (Å²) in [4.78, 5) is 132. The number of benzene rings is 4. The number of fused-ring (bicyclic) bond motifs is 20. The molecule has 24 rings (SSSR count). The summed E-state index contributed by atoms with van der Waals surface area (Å²) in [5.41, 5.74) is 6.14. The monoisotopic (exact) mass is 1730 g/mol. The van der Waals surface area contributed by atoms with Crippen molar-refractivity contribution in [1.82, 2.24) is 57.8 Å². The number of para-hydroxylation sites is 8. The Balaban J connectivity index is 0.000000104. The average molecular weight is 1730 g/mol. The Morgan fingerprint density at radius 3 is 0.547 bits per heavy atom. The van der Waals surface area contributed by atoms with Crippen LogP contribution in [-0.2, 0) is 0 Å². The van der Waals surface area contributed by atoms with Crippen LogP contribution in [0.2, 0.25) is 0 Å². The fourth-order valence-corrected chi connectivity index (χ4v) is 31.5. The van der Waals surface area contributed by atoms with Crippen LogP contribution < -0.4 is 22.2 Å². The maximum Gasteiger partial charge on any atom is 0.280 e. The molecule has 16 aliphatic rings. The third-order valence-electron chi connectivity index (χ3n) is 36.1. The van der Waals surface area contributed by atoms with Crippen LogP contribution in [0.5, 0.6) is 0 Å². The molecule has 8 aromatic rings. The van der Waals surface area contributed by atoms with E-state index in [0.717, 1.165) is 167 Å². The van der Waals surface area contributed by atoms with E-state index in [-0.39, 0.29) is 92.3 Å². The first-order valence-corrected chi connectivity index (χ1v) is 51.5. The van der Waals surface area contributed by atoms with Crippen LogP contribution >= 0.6 is 0 Å². The molecule has 8 saturated heterocycles. The van der Waals surface area contributed by atoms with Gasteiger partial charge in [0.2, 0.25) is 0 Å². The van der Waals surface area contributed by atoms with E-state index >= 15 is 0 Å². The number of Topliss-reactive ketones (excluding diaryl/α,β-unsaturated/α-hetero) is 4. The second-order valence-electron chi connectivity index (χ2n) is 44.1. The van der Waals surface area contributed by atoms with Gasteiger partial charge in [0.25, 0.3) is 22.2 Å². The molecule has 20 nitrogen and oxygen atoms in total. The summed E-state index contributed by atoms with van der Waals surface area (Å²) in [5, 5.41) is 0. The summed E-state index contributed by atoms with van der Waals surface area (Å²) in [7, 11) is 0. The van der Waals surface area contributed by atoms with Crippen LogP contribution in [0.3, 0.4) is 0 Å². The first-order valence-electron chi connectivity index (χ1n) is 51.5. The van der Waals surface area contributed by atoms with Gasteiger partial charge in [0.1, 0.15) is 0 Å². The highest BCUT2D eigenvalue weighted by Gasteiger charge is 2.52. The fraction of sp³-hybridized carbons (Fsp3) is 0.667. The highest BCUT2D eigenvalue weighted by molar-refractivity contribution is 5.96. The van der Waals surface area contributed by atoms with E-state index in [1.807, 2.05) is 115 Å². The molecule has 20 heteroatoms. The van der Waals surface area contributed by atoms with Crippen LogP contribution in [0.15, 0.2) is 116 Å². The van der Waals surface area contributed by atoms with Crippen molar-refractivity contribution in [3.05, 3.63) is 161 Å². The molecule has 16 bridgehead atoms. The number of carbonyl (C=O) groups is 4. The summed E-state index contributed by atoms with van der Waals surface area (Å²) in [5.74, 6) is 6.58. The number of nitrogens with zero attached hydrogens (tertiary/aromatic N) is 12. The highest BCUT2D eigenvalue weighted by atomic mass is 16.2. The van der Waals surface area contributed by atoms with E-state index in [0.29, 0.717) is 48.3 Å². The lowest BCUT2D eigenvalue weighted by molar-refractivity contribution is -0.0487. The summed E-state index contributed by atoms with van der Waals surface area (Å²) in [6.45, 7) is 5.83.